The molecule has 6 heteroatoms. The number of nitriles is 3. The molecule has 2 unspecified atom stereocenters. The molecular formula is C24H26N4O2. The van der Waals surface area contributed by atoms with E-state index in [9.17, 15) is 15.8 Å². The Bertz CT molecular complexity index is 1000. The Labute approximate surface area is 177 Å². The molecule has 2 aliphatic carbocycles. The van der Waals surface area contributed by atoms with Crippen LogP contribution in [0, 0.1) is 45.3 Å². The maximum atomic E-state index is 10.1. The van der Waals surface area contributed by atoms with E-state index < -0.39 is 11.3 Å². The Morgan fingerprint density at radius 1 is 1.20 bits per heavy atom. The van der Waals surface area contributed by atoms with Gasteiger partial charge in [0.1, 0.15) is 6.07 Å². The van der Waals surface area contributed by atoms with Crippen molar-refractivity contribution in [3.8, 4) is 29.7 Å². The molecule has 0 saturated heterocycles. The van der Waals surface area contributed by atoms with E-state index in [4.69, 9.17) is 15.2 Å². The second-order valence-corrected chi connectivity index (χ2v) is 7.91. The summed E-state index contributed by atoms with van der Waals surface area (Å²) in [6.45, 7) is 6.23. The Hall–Kier alpha value is -3.43. The molecule has 0 fully saturated rings. The van der Waals surface area contributed by atoms with Crippen LogP contribution in [0.5, 0.6) is 11.5 Å². The van der Waals surface area contributed by atoms with Gasteiger partial charge in [-0.25, -0.2) is 0 Å². The lowest BCUT2D eigenvalue weighted by atomic mass is 9.57. The number of nitrogens with zero attached hydrogens (tertiary/aromatic N) is 3. The zero-order valence-corrected chi connectivity index (χ0v) is 17.6. The molecule has 0 bridgehead atoms. The van der Waals surface area contributed by atoms with Gasteiger partial charge in [0.15, 0.2) is 16.9 Å². The van der Waals surface area contributed by atoms with Gasteiger partial charge in [-0.05, 0) is 69.2 Å². The Morgan fingerprint density at radius 3 is 2.53 bits per heavy atom. The number of rotatable bonds is 5. The molecule has 0 aliphatic heterocycles. The number of fused-ring (bicyclic) bond motifs is 1. The number of benzene rings is 1. The first kappa shape index (κ1) is 21.3. The van der Waals surface area contributed by atoms with Crippen LogP contribution >= 0.6 is 0 Å². The standard InChI is InChI=1S/C24H26N4O2/c1-4-29-21-11-16(9-10-20(21)30-15(2)3)22-18-8-6-5-7-17(18)19(12-25)23(28)24(22,13-26)14-27/h7,9-11,15,18,22H,4-6,8,28H2,1-3H3. The van der Waals surface area contributed by atoms with Crippen molar-refractivity contribution in [3.63, 3.8) is 0 Å². The predicted molar refractivity (Wildman–Crippen MR) is 112 cm³/mol. The predicted octanol–water partition coefficient (Wildman–Crippen LogP) is 4.47. The van der Waals surface area contributed by atoms with E-state index in [0.29, 0.717) is 18.1 Å². The van der Waals surface area contributed by atoms with E-state index >= 15 is 0 Å². The third kappa shape index (κ3) is 3.38. The van der Waals surface area contributed by atoms with Crippen LogP contribution in [0.1, 0.15) is 51.5 Å². The van der Waals surface area contributed by atoms with Gasteiger partial charge in [0.2, 0.25) is 0 Å². The molecule has 2 N–H and O–H groups in total. The van der Waals surface area contributed by atoms with E-state index in [0.717, 1.165) is 30.4 Å². The van der Waals surface area contributed by atoms with Crippen molar-refractivity contribution < 1.29 is 9.47 Å². The Kier molecular flexibility index (Phi) is 6.04. The summed E-state index contributed by atoms with van der Waals surface area (Å²) in [6.07, 6.45) is 4.59. The highest BCUT2D eigenvalue weighted by Crippen LogP contribution is 2.56. The fraction of sp³-hybridized carbons (Fsp3) is 0.458. The number of ether oxygens (including phenoxy) is 2. The molecule has 0 saturated carbocycles. The molecule has 2 aliphatic rings. The number of hydrogen-bond acceptors (Lipinski definition) is 6. The Balaban J connectivity index is 2.24. The lowest BCUT2D eigenvalue weighted by Gasteiger charge is -2.43. The number of allylic oxidation sites excluding steroid dienone is 4. The molecule has 0 radical (unpaired) electrons. The fourth-order valence-corrected chi connectivity index (χ4v) is 4.59. The summed E-state index contributed by atoms with van der Waals surface area (Å²) in [7, 11) is 0. The second-order valence-electron chi connectivity index (χ2n) is 7.91. The molecule has 3 rings (SSSR count). The SMILES string of the molecule is CCOc1cc(C2C3CCCC=C3C(C#N)=C(N)C2(C#N)C#N)ccc1OC(C)C. The van der Waals surface area contributed by atoms with Crippen LogP contribution in [0.15, 0.2) is 41.1 Å². The van der Waals surface area contributed by atoms with Crippen molar-refractivity contribution in [1.82, 2.24) is 0 Å². The monoisotopic (exact) mass is 402 g/mol. The highest BCUT2D eigenvalue weighted by atomic mass is 16.5. The lowest BCUT2D eigenvalue weighted by molar-refractivity contribution is 0.223. The zero-order chi connectivity index (χ0) is 21.9. The van der Waals surface area contributed by atoms with Crippen molar-refractivity contribution in [2.75, 3.05) is 6.61 Å². The van der Waals surface area contributed by atoms with Crippen LogP contribution in [0.4, 0.5) is 0 Å². The topological polar surface area (TPSA) is 116 Å². The summed E-state index contributed by atoms with van der Waals surface area (Å²) in [4.78, 5) is 0. The molecule has 2 atom stereocenters. The highest BCUT2D eigenvalue weighted by molar-refractivity contribution is 5.60. The fourth-order valence-electron chi connectivity index (χ4n) is 4.59. The molecule has 1 aromatic rings. The smallest absolute Gasteiger partial charge is 0.191 e. The van der Waals surface area contributed by atoms with Crippen molar-refractivity contribution in [3.05, 3.63) is 46.7 Å². The van der Waals surface area contributed by atoms with Gasteiger partial charge in [0, 0.05) is 5.92 Å². The molecule has 0 amide bonds. The van der Waals surface area contributed by atoms with Crippen molar-refractivity contribution in [1.29, 1.82) is 15.8 Å². The van der Waals surface area contributed by atoms with Gasteiger partial charge in [0.05, 0.1) is 36.1 Å². The van der Waals surface area contributed by atoms with E-state index in [2.05, 4.69) is 18.2 Å². The minimum atomic E-state index is -1.62. The molecule has 30 heavy (non-hydrogen) atoms. The maximum Gasteiger partial charge on any atom is 0.191 e. The summed E-state index contributed by atoms with van der Waals surface area (Å²) in [5, 5.41) is 30.0. The average Bonchev–Trinajstić information content (AvgIpc) is 2.74. The molecule has 0 heterocycles. The van der Waals surface area contributed by atoms with E-state index in [1.54, 1.807) is 0 Å². The van der Waals surface area contributed by atoms with E-state index in [1.165, 1.54) is 0 Å². The molecule has 1 aromatic carbocycles. The second kappa shape index (κ2) is 8.52. The van der Waals surface area contributed by atoms with Gasteiger partial charge >= 0.3 is 0 Å². The summed E-state index contributed by atoms with van der Waals surface area (Å²) in [5.74, 6) is 0.560. The van der Waals surface area contributed by atoms with Gasteiger partial charge in [-0.15, -0.1) is 0 Å². The first-order valence-corrected chi connectivity index (χ1v) is 10.3. The average molecular weight is 402 g/mol. The molecular weight excluding hydrogens is 376 g/mol. The largest absolute Gasteiger partial charge is 0.490 e. The summed E-state index contributed by atoms with van der Waals surface area (Å²) >= 11 is 0. The van der Waals surface area contributed by atoms with Crippen LogP contribution in [0.25, 0.3) is 0 Å². The molecule has 0 spiro atoms. The molecule has 0 aromatic heterocycles. The van der Waals surface area contributed by atoms with Gasteiger partial charge in [-0.2, -0.15) is 15.8 Å². The zero-order valence-electron chi connectivity index (χ0n) is 17.6. The van der Waals surface area contributed by atoms with Gasteiger partial charge in [-0.3, -0.25) is 0 Å². The van der Waals surface area contributed by atoms with Crippen LogP contribution in [0.2, 0.25) is 0 Å². The van der Waals surface area contributed by atoms with Crippen LogP contribution < -0.4 is 15.2 Å². The van der Waals surface area contributed by atoms with Crippen LogP contribution in [-0.4, -0.2) is 12.7 Å². The third-order valence-electron chi connectivity index (χ3n) is 5.79. The Morgan fingerprint density at radius 2 is 1.93 bits per heavy atom. The van der Waals surface area contributed by atoms with Gasteiger partial charge in [-0.1, -0.05) is 12.1 Å². The minimum absolute atomic E-state index is 0.0216. The van der Waals surface area contributed by atoms with Crippen LogP contribution in [0.3, 0.4) is 0 Å². The summed E-state index contributed by atoms with van der Waals surface area (Å²) in [6, 6.07) is 12.0. The third-order valence-corrected chi connectivity index (χ3v) is 5.79. The first-order valence-electron chi connectivity index (χ1n) is 10.3. The van der Waals surface area contributed by atoms with Crippen molar-refractivity contribution in [2.45, 2.75) is 52.1 Å². The summed E-state index contributed by atoms with van der Waals surface area (Å²) in [5.41, 5.74) is 6.69. The first-order chi connectivity index (χ1) is 14.4. The van der Waals surface area contributed by atoms with E-state index in [1.807, 2.05) is 45.0 Å². The van der Waals surface area contributed by atoms with Gasteiger partial charge < -0.3 is 15.2 Å². The minimum Gasteiger partial charge on any atom is -0.490 e. The summed E-state index contributed by atoms with van der Waals surface area (Å²) < 4.78 is 11.7. The molecule has 154 valence electrons. The van der Waals surface area contributed by atoms with E-state index in [-0.39, 0.29) is 23.3 Å². The lowest BCUT2D eigenvalue weighted by Crippen LogP contribution is -2.42. The normalized spacial score (nSPS) is 22.2. The van der Waals surface area contributed by atoms with Gasteiger partial charge in [0.25, 0.3) is 0 Å². The number of hydrogen-bond donors (Lipinski definition) is 1. The van der Waals surface area contributed by atoms with Crippen LogP contribution in [-0.2, 0) is 0 Å². The number of nitrogens with two attached hydrogens (primary N) is 1. The highest BCUT2D eigenvalue weighted by Gasteiger charge is 2.53. The quantitative estimate of drug-likeness (QED) is 0.777. The molecule has 6 nitrogen and oxygen atoms in total. The maximum absolute atomic E-state index is 10.1. The van der Waals surface area contributed by atoms with Crippen molar-refractivity contribution in [2.24, 2.45) is 17.1 Å². The van der Waals surface area contributed by atoms with Crippen molar-refractivity contribution >= 4 is 0 Å².